The minimum absolute atomic E-state index is 0.289. The summed E-state index contributed by atoms with van der Waals surface area (Å²) < 4.78 is 18.4. The Morgan fingerprint density at radius 1 is 1.23 bits per heavy atom. The number of hydrogen-bond donors (Lipinski definition) is 1. The summed E-state index contributed by atoms with van der Waals surface area (Å²) in [5, 5.41) is 3.84. The van der Waals surface area contributed by atoms with Crippen molar-refractivity contribution in [2.45, 2.75) is 32.5 Å². The zero-order valence-electron chi connectivity index (χ0n) is 17.0. The van der Waals surface area contributed by atoms with E-state index in [0.29, 0.717) is 17.5 Å². The topological polar surface area (TPSA) is 60.0 Å². The van der Waals surface area contributed by atoms with Gasteiger partial charge in [-0.2, -0.15) is 0 Å². The van der Waals surface area contributed by atoms with Crippen molar-refractivity contribution >= 4 is 44.9 Å². The third-order valence-corrected chi connectivity index (χ3v) is 6.20. The number of hydrogen-bond acceptors (Lipinski definition) is 5. The molecule has 1 saturated heterocycles. The molecule has 1 N–H and O–H groups in total. The zero-order chi connectivity index (χ0) is 21.5. The van der Waals surface area contributed by atoms with Crippen LogP contribution in [0.3, 0.4) is 0 Å². The average molecular weight is 491 g/mol. The molecule has 0 radical (unpaired) electrons. The van der Waals surface area contributed by atoms with E-state index in [9.17, 15) is 4.79 Å². The van der Waals surface area contributed by atoms with Gasteiger partial charge < -0.3 is 19.5 Å². The molecule has 0 unspecified atom stereocenters. The number of nitrogens with one attached hydrogen (secondary N) is 1. The van der Waals surface area contributed by atoms with Crippen LogP contribution < -0.4 is 19.7 Å². The van der Waals surface area contributed by atoms with Gasteiger partial charge in [0.15, 0.2) is 5.11 Å². The maximum atomic E-state index is 13.1. The molecular formula is C22H23BrN2O4S. The quantitative estimate of drug-likeness (QED) is 0.486. The summed E-state index contributed by atoms with van der Waals surface area (Å²) in [7, 11) is 0. The van der Waals surface area contributed by atoms with Crippen molar-refractivity contribution in [3.63, 3.8) is 0 Å². The lowest BCUT2D eigenvalue weighted by atomic mass is 9.79. The Hall–Kier alpha value is -2.32. The van der Waals surface area contributed by atoms with Crippen LogP contribution in [0.25, 0.3) is 0 Å². The Kier molecular flexibility index (Phi) is 5.63. The molecule has 2 bridgehead atoms. The highest BCUT2D eigenvalue weighted by Crippen LogP contribution is 2.50. The summed E-state index contributed by atoms with van der Waals surface area (Å²) in [4.78, 5) is 14.9. The molecule has 2 aliphatic heterocycles. The molecule has 0 aliphatic carbocycles. The second-order valence-electron chi connectivity index (χ2n) is 7.26. The second-order valence-corrected chi connectivity index (χ2v) is 8.56. The van der Waals surface area contributed by atoms with Crippen LogP contribution in [0.5, 0.6) is 11.5 Å². The Labute approximate surface area is 189 Å². The number of carbonyl (C=O) groups excluding carboxylic acids is 1. The number of anilines is 1. The van der Waals surface area contributed by atoms with Gasteiger partial charge in [0, 0.05) is 15.7 Å². The van der Waals surface area contributed by atoms with Crippen molar-refractivity contribution in [3.05, 3.63) is 52.5 Å². The van der Waals surface area contributed by atoms with Gasteiger partial charge in [-0.3, -0.25) is 9.69 Å². The fraction of sp³-hybridized carbons (Fsp3) is 0.364. The summed E-state index contributed by atoms with van der Waals surface area (Å²) in [6.07, 6.45) is 0. The van der Waals surface area contributed by atoms with Crippen molar-refractivity contribution in [1.29, 1.82) is 0 Å². The van der Waals surface area contributed by atoms with Crippen molar-refractivity contribution < 1.29 is 19.0 Å². The number of carbonyl (C=O) groups is 1. The molecule has 2 aromatic carbocycles. The number of fused-ring (bicyclic) bond motifs is 4. The molecule has 6 nitrogen and oxygen atoms in total. The van der Waals surface area contributed by atoms with Crippen molar-refractivity contribution in [1.82, 2.24) is 5.32 Å². The summed E-state index contributed by atoms with van der Waals surface area (Å²) in [5.74, 6) is 0.512. The lowest BCUT2D eigenvalue weighted by Crippen LogP contribution is -2.71. The Morgan fingerprint density at radius 2 is 1.97 bits per heavy atom. The molecular weight excluding hydrogens is 468 g/mol. The zero-order valence-corrected chi connectivity index (χ0v) is 19.4. The van der Waals surface area contributed by atoms with Gasteiger partial charge in [-0.05, 0) is 75.5 Å². The molecule has 0 amide bonds. The monoisotopic (exact) mass is 490 g/mol. The average Bonchev–Trinajstić information content (AvgIpc) is 2.70. The van der Waals surface area contributed by atoms with Gasteiger partial charge in [0.05, 0.1) is 19.3 Å². The molecule has 0 saturated carbocycles. The summed E-state index contributed by atoms with van der Waals surface area (Å²) in [6, 6.07) is 13.0. The Morgan fingerprint density at radius 3 is 2.63 bits per heavy atom. The largest absolute Gasteiger partial charge is 0.494 e. The molecule has 30 heavy (non-hydrogen) atoms. The Bertz CT molecular complexity index is 984. The first-order chi connectivity index (χ1) is 14.4. The predicted octanol–water partition coefficient (Wildman–Crippen LogP) is 4.57. The van der Waals surface area contributed by atoms with Crippen LogP contribution >= 0.6 is 28.1 Å². The molecule has 158 valence electrons. The normalized spacial score (nSPS) is 24.4. The standard InChI is InChI=1S/C22H23BrN2O4S/c1-4-27-15-9-7-14(8-10-15)25-21(30)24-19-16-12-13(23)6-11-17(16)29-22(25,3)18(19)20(26)28-5-2/h6-12,18-19H,4-5H2,1-3H3,(H,24,30)/t18-,19+,22-/m0/s1. The van der Waals surface area contributed by atoms with Crippen LogP contribution in [-0.2, 0) is 9.53 Å². The van der Waals surface area contributed by atoms with E-state index >= 15 is 0 Å². The fourth-order valence-corrected chi connectivity index (χ4v) is 4.99. The lowest BCUT2D eigenvalue weighted by molar-refractivity contribution is -0.159. The van der Waals surface area contributed by atoms with Crippen molar-refractivity contribution in [3.8, 4) is 11.5 Å². The fourth-order valence-electron chi connectivity index (χ4n) is 4.19. The number of halogens is 1. The number of benzene rings is 2. The van der Waals surface area contributed by atoms with Gasteiger partial charge in [0.1, 0.15) is 17.4 Å². The number of ether oxygens (including phenoxy) is 3. The molecule has 3 atom stereocenters. The van der Waals surface area contributed by atoms with E-state index in [0.717, 1.165) is 21.5 Å². The number of esters is 1. The van der Waals surface area contributed by atoms with Gasteiger partial charge in [-0.25, -0.2) is 0 Å². The van der Waals surface area contributed by atoms with E-state index in [4.69, 9.17) is 26.4 Å². The first-order valence-corrected chi connectivity index (χ1v) is 11.1. The van der Waals surface area contributed by atoms with Crippen molar-refractivity contribution in [2.24, 2.45) is 5.92 Å². The summed E-state index contributed by atoms with van der Waals surface area (Å²) >= 11 is 9.24. The molecule has 2 aliphatic rings. The van der Waals surface area contributed by atoms with Crippen LogP contribution in [0.1, 0.15) is 32.4 Å². The highest BCUT2D eigenvalue weighted by atomic mass is 79.9. The first kappa shape index (κ1) is 20.9. The SMILES string of the molecule is CCOC(=O)[C@@H]1[C@@H]2NC(=S)N(c3ccc(OCC)cc3)[C@@]1(C)Oc1ccc(Br)cc12. The number of nitrogens with zero attached hydrogens (tertiary/aromatic N) is 1. The third-order valence-electron chi connectivity index (χ3n) is 5.41. The minimum atomic E-state index is -1.06. The van der Waals surface area contributed by atoms with Crippen LogP contribution in [0.2, 0.25) is 0 Å². The maximum absolute atomic E-state index is 13.1. The van der Waals surface area contributed by atoms with Gasteiger partial charge in [-0.15, -0.1) is 0 Å². The van der Waals surface area contributed by atoms with Crippen molar-refractivity contribution in [2.75, 3.05) is 18.1 Å². The van der Waals surface area contributed by atoms with E-state index in [1.165, 1.54) is 0 Å². The van der Waals surface area contributed by atoms with Gasteiger partial charge in [0.2, 0.25) is 5.72 Å². The van der Waals surface area contributed by atoms with Gasteiger partial charge >= 0.3 is 5.97 Å². The summed E-state index contributed by atoms with van der Waals surface area (Å²) in [5.41, 5.74) is 0.605. The van der Waals surface area contributed by atoms with E-state index in [-0.39, 0.29) is 18.6 Å². The second kappa shape index (κ2) is 8.07. The molecule has 2 heterocycles. The maximum Gasteiger partial charge on any atom is 0.317 e. The Balaban J connectivity index is 1.83. The van der Waals surface area contributed by atoms with Gasteiger partial charge in [-0.1, -0.05) is 15.9 Å². The van der Waals surface area contributed by atoms with Crippen LogP contribution in [0.15, 0.2) is 46.9 Å². The van der Waals surface area contributed by atoms with E-state index in [1.54, 1.807) is 6.92 Å². The van der Waals surface area contributed by atoms with E-state index < -0.39 is 11.6 Å². The van der Waals surface area contributed by atoms with E-state index in [1.807, 2.05) is 61.2 Å². The third kappa shape index (κ3) is 3.41. The predicted molar refractivity (Wildman–Crippen MR) is 122 cm³/mol. The molecule has 4 rings (SSSR count). The molecule has 1 fully saturated rings. The van der Waals surface area contributed by atoms with Crippen LogP contribution in [-0.4, -0.2) is 30.0 Å². The van der Waals surface area contributed by atoms with E-state index in [2.05, 4.69) is 21.2 Å². The first-order valence-electron chi connectivity index (χ1n) is 9.87. The number of rotatable bonds is 5. The van der Waals surface area contributed by atoms with Crippen LogP contribution in [0.4, 0.5) is 5.69 Å². The summed E-state index contributed by atoms with van der Waals surface area (Å²) in [6.45, 7) is 6.50. The molecule has 0 aromatic heterocycles. The smallest absolute Gasteiger partial charge is 0.317 e. The highest BCUT2D eigenvalue weighted by molar-refractivity contribution is 9.10. The molecule has 8 heteroatoms. The number of thiocarbonyl (C=S) groups is 1. The lowest BCUT2D eigenvalue weighted by Gasteiger charge is -2.55. The van der Waals surface area contributed by atoms with Gasteiger partial charge in [0.25, 0.3) is 0 Å². The molecule has 2 aromatic rings. The van der Waals surface area contributed by atoms with Crippen LogP contribution in [0, 0.1) is 5.92 Å². The molecule has 0 spiro atoms. The highest BCUT2D eigenvalue weighted by Gasteiger charge is 2.59. The minimum Gasteiger partial charge on any atom is -0.494 e.